The molecule has 0 unspecified atom stereocenters. The van der Waals surface area contributed by atoms with E-state index in [9.17, 15) is 4.79 Å². The van der Waals surface area contributed by atoms with Gasteiger partial charge in [0, 0.05) is 45.7 Å². The summed E-state index contributed by atoms with van der Waals surface area (Å²) in [6.45, 7) is 6.66. The zero-order chi connectivity index (χ0) is 14.4. The predicted octanol–water partition coefficient (Wildman–Crippen LogP) is 1.50. The van der Waals surface area contributed by atoms with Gasteiger partial charge < -0.3 is 10.2 Å². The lowest BCUT2D eigenvalue weighted by molar-refractivity contribution is -0.118. The number of likely N-dealkylation sites (N-methyl/N-ethyl adjacent to an activating group) is 1. The molecule has 1 amide bonds. The topological polar surface area (TPSA) is 35.6 Å². The molecule has 0 saturated carbocycles. The maximum absolute atomic E-state index is 10.9. The smallest absolute Gasteiger partial charge is 0.216 e. The second kappa shape index (κ2) is 7.41. The van der Waals surface area contributed by atoms with Gasteiger partial charge in [-0.05, 0) is 19.0 Å². The molecule has 0 aromatic heterocycles. The van der Waals surface area contributed by atoms with Crippen molar-refractivity contribution >= 4 is 5.91 Å². The van der Waals surface area contributed by atoms with E-state index in [1.165, 1.54) is 5.56 Å². The van der Waals surface area contributed by atoms with Crippen molar-refractivity contribution in [2.24, 2.45) is 0 Å². The van der Waals surface area contributed by atoms with Crippen LogP contribution >= 0.6 is 0 Å². The van der Waals surface area contributed by atoms with Crippen molar-refractivity contribution in [2.45, 2.75) is 19.4 Å². The Kier molecular flexibility index (Phi) is 5.56. The number of carbonyl (C=O) groups is 1. The molecule has 2 rings (SSSR count). The van der Waals surface area contributed by atoms with Gasteiger partial charge in [0.25, 0.3) is 0 Å². The lowest BCUT2D eigenvalue weighted by Gasteiger charge is -2.40. The van der Waals surface area contributed by atoms with E-state index < -0.39 is 0 Å². The van der Waals surface area contributed by atoms with Gasteiger partial charge in [0.15, 0.2) is 0 Å². The summed E-state index contributed by atoms with van der Waals surface area (Å²) in [5.41, 5.74) is 1.39. The van der Waals surface area contributed by atoms with Crippen molar-refractivity contribution in [3.63, 3.8) is 0 Å². The van der Waals surface area contributed by atoms with Crippen LogP contribution in [0.25, 0.3) is 0 Å². The minimum atomic E-state index is 0.0583. The zero-order valence-corrected chi connectivity index (χ0v) is 12.5. The molecule has 1 fully saturated rings. The molecule has 110 valence electrons. The average Bonchev–Trinajstić information content (AvgIpc) is 2.45. The second-order valence-electron chi connectivity index (χ2n) is 5.56. The van der Waals surface area contributed by atoms with Crippen LogP contribution in [0.1, 0.15) is 24.9 Å². The fraction of sp³-hybridized carbons (Fsp3) is 0.562. The van der Waals surface area contributed by atoms with Crippen LogP contribution in [-0.2, 0) is 4.79 Å². The maximum Gasteiger partial charge on any atom is 0.216 e. The molecule has 1 heterocycles. The van der Waals surface area contributed by atoms with Crippen molar-refractivity contribution in [2.75, 3.05) is 39.8 Å². The predicted molar refractivity (Wildman–Crippen MR) is 81.6 cm³/mol. The Labute approximate surface area is 121 Å². The molecule has 4 heteroatoms. The normalized spacial score (nSPS) is 20.8. The van der Waals surface area contributed by atoms with Gasteiger partial charge in [0.1, 0.15) is 0 Å². The third-order valence-corrected chi connectivity index (χ3v) is 3.87. The number of hydrogen-bond acceptors (Lipinski definition) is 3. The Bertz CT molecular complexity index is 421. The van der Waals surface area contributed by atoms with Crippen LogP contribution in [0.2, 0.25) is 0 Å². The van der Waals surface area contributed by atoms with Crippen LogP contribution in [0, 0.1) is 0 Å². The molecule has 0 radical (unpaired) electrons. The summed E-state index contributed by atoms with van der Waals surface area (Å²) in [6, 6.07) is 11.2. The highest BCUT2D eigenvalue weighted by Gasteiger charge is 2.25. The molecule has 1 aromatic carbocycles. The van der Waals surface area contributed by atoms with E-state index in [2.05, 4.69) is 52.5 Å². The molecule has 20 heavy (non-hydrogen) atoms. The van der Waals surface area contributed by atoms with Crippen molar-refractivity contribution in [3.8, 4) is 0 Å². The molecule has 1 aliphatic heterocycles. The quantitative estimate of drug-likeness (QED) is 0.827. The summed E-state index contributed by atoms with van der Waals surface area (Å²) in [5, 5.41) is 2.87. The fourth-order valence-electron chi connectivity index (χ4n) is 2.76. The summed E-state index contributed by atoms with van der Waals surface area (Å²) in [4.78, 5) is 15.8. The first-order chi connectivity index (χ1) is 9.66. The lowest BCUT2D eigenvalue weighted by atomic mass is 10.0. The fourth-order valence-corrected chi connectivity index (χ4v) is 2.76. The first-order valence-electron chi connectivity index (χ1n) is 7.39. The number of carbonyl (C=O) groups excluding carboxylic acids is 1. The number of benzene rings is 1. The summed E-state index contributed by atoms with van der Waals surface area (Å²) in [7, 11) is 2.19. The van der Waals surface area contributed by atoms with Gasteiger partial charge in [0.2, 0.25) is 5.91 Å². The molecule has 0 spiro atoms. The molecule has 0 aliphatic carbocycles. The van der Waals surface area contributed by atoms with Gasteiger partial charge in [0.05, 0.1) is 0 Å². The monoisotopic (exact) mass is 275 g/mol. The van der Waals surface area contributed by atoms with Crippen molar-refractivity contribution in [1.82, 2.24) is 15.1 Å². The van der Waals surface area contributed by atoms with Gasteiger partial charge in [-0.3, -0.25) is 9.69 Å². The van der Waals surface area contributed by atoms with Crippen molar-refractivity contribution < 1.29 is 4.79 Å². The number of rotatable bonds is 5. The van der Waals surface area contributed by atoms with E-state index in [0.29, 0.717) is 6.04 Å². The third-order valence-electron chi connectivity index (χ3n) is 3.87. The Balaban J connectivity index is 1.93. The summed E-state index contributed by atoms with van der Waals surface area (Å²) in [6.07, 6.45) is 1.01. The van der Waals surface area contributed by atoms with Crippen LogP contribution in [0.3, 0.4) is 0 Å². The SMILES string of the molecule is CC(=O)NCCCN1CCN(C)C[C@@H]1c1ccccc1. The third kappa shape index (κ3) is 4.32. The molecular weight excluding hydrogens is 250 g/mol. The number of hydrogen-bond donors (Lipinski definition) is 1. The number of piperazine rings is 1. The molecule has 1 N–H and O–H groups in total. The molecule has 4 nitrogen and oxygen atoms in total. The average molecular weight is 275 g/mol. The van der Waals surface area contributed by atoms with Gasteiger partial charge in [-0.15, -0.1) is 0 Å². The van der Waals surface area contributed by atoms with Crippen molar-refractivity contribution in [1.29, 1.82) is 0 Å². The first kappa shape index (κ1) is 15.0. The number of amides is 1. The molecular formula is C16H25N3O. The molecule has 1 atom stereocenters. The minimum Gasteiger partial charge on any atom is -0.356 e. The summed E-state index contributed by atoms with van der Waals surface area (Å²) >= 11 is 0. The van der Waals surface area contributed by atoms with E-state index in [1.54, 1.807) is 6.92 Å². The molecule has 0 bridgehead atoms. The van der Waals surface area contributed by atoms with Crippen molar-refractivity contribution in [3.05, 3.63) is 35.9 Å². The van der Waals surface area contributed by atoms with E-state index in [-0.39, 0.29) is 5.91 Å². The van der Waals surface area contributed by atoms with Crippen LogP contribution in [0.5, 0.6) is 0 Å². The Morgan fingerprint density at radius 2 is 2.05 bits per heavy atom. The Hall–Kier alpha value is -1.39. The number of nitrogens with one attached hydrogen (secondary N) is 1. The summed E-state index contributed by atoms with van der Waals surface area (Å²) in [5.74, 6) is 0.0583. The van der Waals surface area contributed by atoms with E-state index in [0.717, 1.165) is 39.1 Å². The Morgan fingerprint density at radius 3 is 2.75 bits per heavy atom. The molecule has 1 aliphatic rings. The standard InChI is InChI=1S/C16H25N3O/c1-14(20)17-9-6-10-19-12-11-18(2)13-16(19)15-7-4-3-5-8-15/h3-5,7-8,16H,6,9-13H2,1-2H3,(H,17,20)/t16-/m1/s1. The van der Waals surface area contributed by atoms with Gasteiger partial charge in [-0.2, -0.15) is 0 Å². The lowest BCUT2D eigenvalue weighted by Crippen LogP contribution is -2.47. The minimum absolute atomic E-state index is 0.0583. The van der Waals surface area contributed by atoms with E-state index >= 15 is 0 Å². The van der Waals surface area contributed by atoms with Crippen LogP contribution in [-0.4, -0.2) is 55.5 Å². The highest BCUT2D eigenvalue weighted by atomic mass is 16.1. The van der Waals surface area contributed by atoms with Gasteiger partial charge in [-0.1, -0.05) is 30.3 Å². The highest BCUT2D eigenvalue weighted by Crippen LogP contribution is 2.24. The van der Waals surface area contributed by atoms with E-state index in [1.807, 2.05) is 0 Å². The number of nitrogens with zero attached hydrogens (tertiary/aromatic N) is 2. The largest absolute Gasteiger partial charge is 0.356 e. The van der Waals surface area contributed by atoms with Crippen LogP contribution < -0.4 is 5.32 Å². The van der Waals surface area contributed by atoms with Crippen LogP contribution in [0.4, 0.5) is 0 Å². The summed E-state index contributed by atoms with van der Waals surface area (Å²) < 4.78 is 0. The first-order valence-corrected chi connectivity index (χ1v) is 7.39. The van der Waals surface area contributed by atoms with E-state index in [4.69, 9.17) is 0 Å². The van der Waals surface area contributed by atoms with Gasteiger partial charge >= 0.3 is 0 Å². The Morgan fingerprint density at radius 1 is 1.30 bits per heavy atom. The zero-order valence-electron chi connectivity index (χ0n) is 12.5. The van der Waals surface area contributed by atoms with Crippen LogP contribution in [0.15, 0.2) is 30.3 Å². The molecule has 1 saturated heterocycles. The van der Waals surface area contributed by atoms with Gasteiger partial charge in [-0.25, -0.2) is 0 Å². The highest BCUT2D eigenvalue weighted by molar-refractivity contribution is 5.72. The maximum atomic E-state index is 10.9. The molecule has 1 aromatic rings. The second-order valence-corrected chi connectivity index (χ2v) is 5.56.